The third kappa shape index (κ3) is 3.89. The number of aromatic nitrogens is 1. The summed E-state index contributed by atoms with van der Waals surface area (Å²) < 4.78 is 0. The highest BCUT2D eigenvalue weighted by molar-refractivity contribution is 7.09. The molecule has 2 heterocycles. The van der Waals surface area contributed by atoms with Crippen LogP contribution in [-0.2, 0) is 12.4 Å². The molecule has 1 aliphatic heterocycles. The molecule has 0 saturated carbocycles. The van der Waals surface area contributed by atoms with Crippen LogP contribution >= 0.6 is 34.5 Å². The monoisotopic (exact) mass is 341 g/mol. The highest BCUT2D eigenvalue weighted by Gasteiger charge is 2.18. The third-order valence-electron chi connectivity index (χ3n) is 3.64. The summed E-state index contributed by atoms with van der Waals surface area (Å²) in [5.74, 6) is 0.499. The van der Waals surface area contributed by atoms with Gasteiger partial charge in [-0.05, 0) is 18.2 Å². The topological polar surface area (TPSA) is 19.4 Å². The Kier molecular flexibility index (Phi) is 5.01. The molecule has 1 aromatic carbocycles. The minimum Gasteiger partial charge on any atom is -0.369 e. The van der Waals surface area contributed by atoms with Gasteiger partial charge in [-0.2, -0.15) is 0 Å². The lowest BCUT2D eigenvalue weighted by Crippen LogP contribution is -2.45. The van der Waals surface area contributed by atoms with Crippen molar-refractivity contribution in [3.05, 3.63) is 45.4 Å². The maximum absolute atomic E-state index is 6.06. The highest BCUT2D eigenvalue weighted by Crippen LogP contribution is 2.21. The molecule has 2 aromatic rings. The molecule has 6 heteroatoms. The van der Waals surface area contributed by atoms with Gasteiger partial charge in [-0.15, -0.1) is 22.9 Å². The van der Waals surface area contributed by atoms with Gasteiger partial charge in [-0.25, -0.2) is 4.98 Å². The fourth-order valence-electron chi connectivity index (χ4n) is 2.51. The van der Waals surface area contributed by atoms with E-state index in [1.165, 1.54) is 5.69 Å². The molecule has 0 amide bonds. The van der Waals surface area contributed by atoms with Crippen molar-refractivity contribution >= 4 is 40.2 Å². The summed E-state index contributed by atoms with van der Waals surface area (Å²) in [5, 5.41) is 4.00. The standard InChI is InChI=1S/C15H17Cl2N3S/c16-9-13-11-21-15(18-13)10-19-4-6-20(7-5-19)14-3-1-2-12(17)8-14/h1-3,8,11H,4-7,9-10H2. The number of halogens is 2. The maximum Gasteiger partial charge on any atom is 0.107 e. The van der Waals surface area contributed by atoms with Gasteiger partial charge in [0.15, 0.2) is 0 Å². The van der Waals surface area contributed by atoms with Gasteiger partial charge in [0.25, 0.3) is 0 Å². The van der Waals surface area contributed by atoms with Gasteiger partial charge >= 0.3 is 0 Å². The molecular formula is C15H17Cl2N3S. The van der Waals surface area contributed by atoms with Crippen LogP contribution in [0.3, 0.4) is 0 Å². The van der Waals surface area contributed by atoms with Crippen LogP contribution in [0.2, 0.25) is 5.02 Å². The van der Waals surface area contributed by atoms with Gasteiger partial charge < -0.3 is 4.90 Å². The Morgan fingerprint density at radius 1 is 1.19 bits per heavy atom. The summed E-state index contributed by atoms with van der Waals surface area (Å²) in [7, 11) is 0. The number of rotatable bonds is 4. The molecular weight excluding hydrogens is 325 g/mol. The molecule has 1 saturated heterocycles. The van der Waals surface area contributed by atoms with E-state index in [1.54, 1.807) is 11.3 Å². The lowest BCUT2D eigenvalue weighted by atomic mass is 10.2. The van der Waals surface area contributed by atoms with Crippen molar-refractivity contribution in [3.63, 3.8) is 0 Å². The maximum atomic E-state index is 6.06. The number of hydrogen-bond acceptors (Lipinski definition) is 4. The predicted octanol–water partition coefficient (Wildman–Crippen LogP) is 3.86. The number of hydrogen-bond donors (Lipinski definition) is 0. The van der Waals surface area contributed by atoms with Crippen molar-refractivity contribution in [1.82, 2.24) is 9.88 Å². The largest absolute Gasteiger partial charge is 0.369 e. The van der Waals surface area contributed by atoms with E-state index in [9.17, 15) is 0 Å². The summed E-state index contributed by atoms with van der Waals surface area (Å²) in [4.78, 5) is 9.35. The zero-order chi connectivity index (χ0) is 14.7. The molecule has 0 spiro atoms. The molecule has 0 atom stereocenters. The molecule has 3 nitrogen and oxygen atoms in total. The minimum absolute atomic E-state index is 0.499. The fourth-order valence-corrected chi connectivity index (χ4v) is 3.76. The smallest absolute Gasteiger partial charge is 0.107 e. The first-order valence-corrected chi connectivity index (χ1v) is 8.76. The second-order valence-corrected chi connectivity index (χ2v) is 6.76. The van der Waals surface area contributed by atoms with Gasteiger partial charge in [0.1, 0.15) is 5.01 Å². The Bertz CT molecular complexity index is 594. The van der Waals surface area contributed by atoms with E-state index < -0.39 is 0 Å². The Balaban J connectivity index is 1.55. The van der Waals surface area contributed by atoms with E-state index in [0.717, 1.165) is 48.4 Å². The van der Waals surface area contributed by atoms with Crippen LogP contribution in [0, 0.1) is 0 Å². The van der Waals surface area contributed by atoms with E-state index in [1.807, 2.05) is 23.6 Å². The zero-order valence-corrected chi connectivity index (χ0v) is 14.0. The van der Waals surface area contributed by atoms with Crippen molar-refractivity contribution in [2.24, 2.45) is 0 Å². The number of benzene rings is 1. The van der Waals surface area contributed by atoms with Crippen LogP contribution in [-0.4, -0.2) is 36.1 Å². The predicted molar refractivity (Wildman–Crippen MR) is 90.6 cm³/mol. The fraction of sp³-hybridized carbons (Fsp3) is 0.400. The average Bonchev–Trinajstić information content (AvgIpc) is 2.96. The van der Waals surface area contributed by atoms with Crippen molar-refractivity contribution in [2.45, 2.75) is 12.4 Å². The number of anilines is 1. The second-order valence-electron chi connectivity index (χ2n) is 5.11. The number of nitrogens with zero attached hydrogens (tertiary/aromatic N) is 3. The van der Waals surface area contributed by atoms with Crippen LogP contribution in [0.4, 0.5) is 5.69 Å². The molecule has 1 aromatic heterocycles. The third-order valence-corrected chi connectivity index (χ3v) is 5.03. The van der Waals surface area contributed by atoms with Gasteiger partial charge in [-0.3, -0.25) is 4.90 Å². The van der Waals surface area contributed by atoms with E-state index in [4.69, 9.17) is 23.2 Å². The van der Waals surface area contributed by atoms with Crippen LogP contribution < -0.4 is 4.90 Å². The Morgan fingerprint density at radius 3 is 2.67 bits per heavy atom. The quantitative estimate of drug-likeness (QED) is 0.787. The molecule has 0 N–H and O–H groups in total. The normalized spacial score (nSPS) is 16.4. The number of alkyl halides is 1. The molecule has 1 aliphatic rings. The lowest BCUT2D eigenvalue weighted by Gasteiger charge is -2.35. The number of piperazine rings is 1. The Labute approximate surface area is 139 Å². The van der Waals surface area contributed by atoms with Crippen molar-refractivity contribution in [3.8, 4) is 0 Å². The summed E-state index contributed by atoms with van der Waals surface area (Å²) in [6, 6.07) is 8.07. The van der Waals surface area contributed by atoms with Crippen LogP contribution in [0.25, 0.3) is 0 Å². The van der Waals surface area contributed by atoms with E-state index in [-0.39, 0.29) is 0 Å². The van der Waals surface area contributed by atoms with E-state index in [0.29, 0.717) is 5.88 Å². The van der Waals surface area contributed by atoms with Gasteiger partial charge in [-0.1, -0.05) is 17.7 Å². The SMILES string of the molecule is ClCc1csc(CN2CCN(c3cccc(Cl)c3)CC2)n1. The molecule has 0 aliphatic carbocycles. The molecule has 3 rings (SSSR count). The van der Waals surface area contributed by atoms with Crippen LogP contribution in [0.15, 0.2) is 29.6 Å². The molecule has 0 bridgehead atoms. The van der Waals surface area contributed by atoms with Crippen molar-refractivity contribution < 1.29 is 0 Å². The van der Waals surface area contributed by atoms with Crippen LogP contribution in [0.5, 0.6) is 0 Å². The Morgan fingerprint density at radius 2 is 2.00 bits per heavy atom. The summed E-state index contributed by atoms with van der Waals surface area (Å²) >= 11 is 13.6. The average molecular weight is 342 g/mol. The lowest BCUT2D eigenvalue weighted by molar-refractivity contribution is 0.249. The molecule has 0 radical (unpaired) electrons. The summed E-state index contributed by atoms with van der Waals surface area (Å²) in [6.45, 7) is 5.05. The summed E-state index contributed by atoms with van der Waals surface area (Å²) in [6.07, 6.45) is 0. The van der Waals surface area contributed by atoms with Gasteiger partial charge in [0.05, 0.1) is 18.1 Å². The Hall–Kier alpha value is -0.810. The van der Waals surface area contributed by atoms with Crippen LogP contribution in [0.1, 0.15) is 10.7 Å². The highest BCUT2D eigenvalue weighted by atomic mass is 35.5. The second kappa shape index (κ2) is 6.97. The summed E-state index contributed by atoms with van der Waals surface area (Å²) in [5.41, 5.74) is 2.19. The first kappa shape index (κ1) is 15.1. The van der Waals surface area contributed by atoms with Gasteiger partial charge in [0, 0.05) is 42.3 Å². The molecule has 21 heavy (non-hydrogen) atoms. The zero-order valence-electron chi connectivity index (χ0n) is 11.6. The first-order chi connectivity index (χ1) is 10.2. The molecule has 112 valence electrons. The van der Waals surface area contributed by atoms with Crippen molar-refractivity contribution in [1.29, 1.82) is 0 Å². The molecule has 0 unspecified atom stereocenters. The van der Waals surface area contributed by atoms with E-state index >= 15 is 0 Å². The van der Waals surface area contributed by atoms with Gasteiger partial charge in [0.2, 0.25) is 0 Å². The first-order valence-electron chi connectivity index (χ1n) is 6.97. The minimum atomic E-state index is 0.499. The molecule has 1 fully saturated rings. The van der Waals surface area contributed by atoms with Crippen molar-refractivity contribution in [2.75, 3.05) is 31.1 Å². The number of thiazole rings is 1. The van der Waals surface area contributed by atoms with E-state index in [2.05, 4.69) is 20.9 Å².